The van der Waals surface area contributed by atoms with Gasteiger partial charge in [-0.3, -0.25) is 4.79 Å². The zero-order valence-corrected chi connectivity index (χ0v) is 6.67. The second-order valence-electron chi connectivity index (χ2n) is 3.37. The molecule has 2 nitrogen and oxygen atoms in total. The van der Waals surface area contributed by atoms with Crippen molar-refractivity contribution in [2.75, 3.05) is 0 Å². The van der Waals surface area contributed by atoms with Gasteiger partial charge >= 0.3 is 5.97 Å². The van der Waals surface area contributed by atoms with Crippen molar-refractivity contribution in [3.05, 3.63) is 0 Å². The molecule has 0 bridgehead atoms. The monoisotopic (exact) mass is 178 g/mol. The van der Waals surface area contributed by atoms with Crippen molar-refractivity contribution >= 4 is 5.97 Å². The number of carboxylic acid groups (broad SMARTS) is 1. The maximum absolute atomic E-state index is 12.7. The summed E-state index contributed by atoms with van der Waals surface area (Å²) in [6.07, 6.45) is -2.08. The number of rotatable bonds is 2. The second kappa shape index (κ2) is 3.83. The molecule has 2 unspecified atom stereocenters. The first-order valence-corrected chi connectivity index (χ1v) is 4.08. The van der Waals surface area contributed by atoms with Gasteiger partial charge in [0, 0.05) is 12.8 Å². The van der Waals surface area contributed by atoms with Crippen LogP contribution in [0, 0.1) is 5.92 Å². The summed E-state index contributed by atoms with van der Waals surface area (Å²) in [5.41, 5.74) is 0. The Morgan fingerprint density at radius 1 is 1.25 bits per heavy atom. The minimum Gasteiger partial charge on any atom is -0.481 e. The van der Waals surface area contributed by atoms with Gasteiger partial charge in [0.2, 0.25) is 0 Å². The Hall–Kier alpha value is -0.670. The third kappa shape index (κ3) is 2.75. The first kappa shape index (κ1) is 9.42. The lowest BCUT2D eigenvalue weighted by Gasteiger charge is -2.25. The Morgan fingerprint density at radius 2 is 1.75 bits per heavy atom. The summed E-state index contributed by atoms with van der Waals surface area (Å²) in [6, 6.07) is 0. The van der Waals surface area contributed by atoms with E-state index >= 15 is 0 Å². The van der Waals surface area contributed by atoms with Gasteiger partial charge in [0.05, 0.1) is 0 Å². The highest BCUT2D eigenvalue weighted by molar-refractivity contribution is 5.67. The van der Waals surface area contributed by atoms with E-state index < -0.39 is 18.3 Å². The second-order valence-corrected chi connectivity index (χ2v) is 3.37. The van der Waals surface area contributed by atoms with Crippen molar-refractivity contribution < 1.29 is 18.7 Å². The number of halogens is 2. The van der Waals surface area contributed by atoms with Crippen molar-refractivity contribution in [1.29, 1.82) is 0 Å². The molecule has 1 aliphatic rings. The summed E-state index contributed by atoms with van der Waals surface area (Å²) in [5, 5.41) is 8.39. The van der Waals surface area contributed by atoms with E-state index in [4.69, 9.17) is 5.11 Å². The van der Waals surface area contributed by atoms with Gasteiger partial charge in [0.1, 0.15) is 12.3 Å². The van der Waals surface area contributed by atoms with Crippen LogP contribution in [0.2, 0.25) is 0 Å². The molecule has 4 heteroatoms. The lowest BCUT2D eigenvalue weighted by Crippen LogP contribution is -2.26. The lowest BCUT2D eigenvalue weighted by molar-refractivity contribution is -0.138. The van der Waals surface area contributed by atoms with Crippen molar-refractivity contribution in [1.82, 2.24) is 0 Å². The number of carboxylic acids is 1. The van der Waals surface area contributed by atoms with Crippen LogP contribution in [0.5, 0.6) is 0 Å². The number of hydrogen-bond donors (Lipinski definition) is 1. The van der Waals surface area contributed by atoms with E-state index in [9.17, 15) is 13.6 Å². The SMILES string of the molecule is O=C(O)CC1CC(F)CC(F)C1. The predicted octanol–water partition coefficient (Wildman–Crippen LogP) is 1.94. The molecule has 0 spiro atoms. The van der Waals surface area contributed by atoms with E-state index in [1.165, 1.54) is 0 Å². The summed E-state index contributed by atoms with van der Waals surface area (Å²) in [4.78, 5) is 10.2. The molecule has 0 saturated heterocycles. The van der Waals surface area contributed by atoms with Crippen molar-refractivity contribution in [2.24, 2.45) is 5.92 Å². The van der Waals surface area contributed by atoms with E-state index in [0.717, 1.165) is 0 Å². The summed E-state index contributed by atoms with van der Waals surface area (Å²) >= 11 is 0. The van der Waals surface area contributed by atoms with E-state index in [1.54, 1.807) is 0 Å². The molecular formula is C8H12F2O2. The molecule has 0 aliphatic heterocycles. The Labute approximate surface area is 69.6 Å². The van der Waals surface area contributed by atoms with E-state index in [2.05, 4.69) is 0 Å². The van der Waals surface area contributed by atoms with E-state index in [0.29, 0.717) is 0 Å². The van der Waals surface area contributed by atoms with Crippen molar-refractivity contribution in [3.8, 4) is 0 Å². The molecule has 0 heterocycles. The third-order valence-corrected chi connectivity index (χ3v) is 2.15. The zero-order chi connectivity index (χ0) is 9.14. The summed E-state index contributed by atoms with van der Waals surface area (Å²) in [5.74, 6) is -1.29. The first-order chi connectivity index (χ1) is 5.58. The van der Waals surface area contributed by atoms with E-state index in [-0.39, 0.29) is 31.6 Å². The fourth-order valence-corrected chi connectivity index (χ4v) is 1.70. The average molecular weight is 178 g/mol. The van der Waals surface area contributed by atoms with Gasteiger partial charge in [-0.2, -0.15) is 0 Å². The van der Waals surface area contributed by atoms with Gasteiger partial charge in [-0.25, -0.2) is 8.78 Å². The van der Waals surface area contributed by atoms with Crippen LogP contribution in [0.4, 0.5) is 8.78 Å². The molecule has 1 rings (SSSR count). The zero-order valence-electron chi connectivity index (χ0n) is 6.67. The van der Waals surface area contributed by atoms with Crippen LogP contribution < -0.4 is 0 Å². The van der Waals surface area contributed by atoms with Crippen LogP contribution >= 0.6 is 0 Å². The van der Waals surface area contributed by atoms with Gasteiger partial charge in [-0.15, -0.1) is 0 Å². The van der Waals surface area contributed by atoms with Crippen LogP contribution in [0.3, 0.4) is 0 Å². The normalized spacial score (nSPS) is 36.3. The molecule has 0 amide bonds. The first-order valence-electron chi connectivity index (χ1n) is 4.08. The smallest absolute Gasteiger partial charge is 0.303 e. The molecule has 0 radical (unpaired) electrons. The minimum atomic E-state index is -1.15. The van der Waals surface area contributed by atoms with Crippen LogP contribution in [0.25, 0.3) is 0 Å². The van der Waals surface area contributed by atoms with Crippen LogP contribution in [0.15, 0.2) is 0 Å². The summed E-state index contributed by atoms with van der Waals surface area (Å²) in [7, 11) is 0. The molecule has 1 saturated carbocycles. The molecule has 1 aliphatic carbocycles. The van der Waals surface area contributed by atoms with Gasteiger partial charge in [0.25, 0.3) is 0 Å². The number of hydrogen-bond acceptors (Lipinski definition) is 1. The summed E-state index contributed by atoms with van der Waals surface area (Å²) < 4.78 is 25.4. The molecule has 70 valence electrons. The lowest BCUT2D eigenvalue weighted by atomic mass is 9.85. The fourth-order valence-electron chi connectivity index (χ4n) is 1.70. The molecule has 0 aromatic rings. The van der Waals surface area contributed by atoms with Gasteiger partial charge in [0.15, 0.2) is 0 Å². The molecule has 2 atom stereocenters. The van der Waals surface area contributed by atoms with E-state index in [1.807, 2.05) is 0 Å². The van der Waals surface area contributed by atoms with Crippen LogP contribution in [-0.2, 0) is 4.79 Å². The topological polar surface area (TPSA) is 37.3 Å². The van der Waals surface area contributed by atoms with Gasteiger partial charge in [-0.05, 0) is 18.8 Å². The number of aliphatic carboxylic acids is 1. The standard InChI is InChI=1S/C8H12F2O2/c9-6-1-5(3-8(11)12)2-7(10)4-6/h5-7H,1-4H2,(H,11,12). The molecule has 1 N–H and O–H groups in total. The fraction of sp³-hybridized carbons (Fsp3) is 0.875. The highest BCUT2D eigenvalue weighted by atomic mass is 19.1. The van der Waals surface area contributed by atoms with Gasteiger partial charge < -0.3 is 5.11 Å². The Balaban J connectivity index is 2.38. The van der Waals surface area contributed by atoms with Gasteiger partial charge in [-0.1, -0.05) is 0 Å². The largest absolute Gasteiger partial charge is 0.481 e. The Bertz CT molecular complexity index is 162. The highest BCUT2D eigenvalue weighted by Crippen LogP contribution is 2.30. The average Bonchev–Trinajstić information content (AvgIpc) is 1.81. The van der Waals surface area contributed by atoms with Crippen LogP contribution in [-0.4, -0.2) is 23.4 Å². The summed E-state index contributed by atoms with van der Waals surface area (Å²) in [6.45, 7) is 0. The van der Waals surface area contributed by atoms with Crippen molar-refractivity contribution in [2.45, 2.75) is 38.0 Å². The highest BCUT2D eigenvalue weighted by Gasteiger charge is 2.29. The Morgan fingerprint density at radius 3 is 2.17 bits per heavy atom. The minimum absolute atomic E-state index is 0.0594. The Kier molecular flexibility index (Phi) is 3.00. The predicted molar refractivity (Wildman–Crippen MR) is 39.4 cm³/mol. The molecule has 12 heavy (non-hydrogen) atoms. The number of alkyl halides is 2. The molecule has 1 fully saturated rings. The molecule has 0 aromatic carbocycles. The molecular weight excluding hydrogens is 166 g/mol. The number of carbonyl (C=O) groups is 1. The third-order valence-electron chi connectivity index (χ3n) is 2.15. The quantitative estimate of drug-likeness (QED) is 0.701. The maximum Gasteiger partial charge on any atom is 0.303 e. The van der Waals surface area contributed by atoms with Crippen molar-refractivity contribution in [3.63, 3.8) is 0 Å². The maximum atomic E-state index is 12.7. The molecule has 0 aromatic heterocycles. The van der Waals surface area contributed by atoms with Crippen LogP contribution in [0.1, 0.15) is 25.7 Å².